The summed E-state index contributed by atoms with van der Waals surface area (Å²) < 4.78 is 6.15. The molecule has 0 aliphatic carbocycles. The maximum absolute atomic E-state index is 13.8. The van der Waals surface area contributed by atoms with Crippen LogP contribution in [0.5, 0.6) is 5.75 Å². The van der Waals surface area contributed by atoms with E-state index in [1.807, 2.05) is 23.1 Å². The minimum atomic E-state index is -0.694. The predicted octanol–water partition coefficient (Wildman–Crippen LogP) is 5.45. The van der Waals surface area contributed by atoms with Gasteiger partial charge in [0.1, 0.15) is 11.8 Å². The molecule has 0 aromatic heterocycles. The number of urea groups is 1. The normalized spacial score (nSPS) is 16.9. The van der Waals surface area contributed by atoms with Gasteiger partial charge in [-0.15, -0.1) is 0 Å². The zero-order chi connectivity index (χ0) is 27.8. The second kappa shape index (κ2) is 14.2. The van der Waals surface area contributed by atoms with Gasteiger partial charge in [-0.05, 0) is 81.4 Å². The zero-order valence-corrected chi connectivity index (χ0v) is 24.5. The highest BCUT2D eigenvalue weighted by Gasteiger charge is 2.32. The van der Waals surface area contributed by atoms with E-state index in [2.05, 4.69) is 36.4 Å². The van der Waals surface area contributed by atoms with Crippen molar-refractivity contribution in [2.45, 2.75) is 50.5 Å². The lowest BCUT2D eigenvalue weighted by atomic mass is 9.88. The Kier molecular flexibility index (Phi) is 10.8. The van der Waals surface area contributed by atoms with Crippen molar-refractivity contribution in [2.24, 2.45) is 0 Å². The van der Waals surface area contributed by atoms with E-state index in [1.54, 1.807) is 17.0 Å². The number of hydrogen-bond acceptors (Lipinski definition) is 4. The molecule has 2 aromatic rings. The molecule has 2 heterocycles. The molecule has 2 fully saturated rings. The molecule has 7 nitrogen and oxygen atoms in total. The molecule has 2 aliphatic rings. The van der Waals surface area contributed by atoms with Crippen LogP contribution in [0.25, 0.3) is 0 Å². The maximum Gasteiger partial charge on any atom is 0.318 e. The number of carbonyl (C=O) groups is 2. The summed E-state index contributed by atoms with van der Waals surface area (Å²) in [4.78, 5) is 32.6. The van der Waals surface area contributed by atoms with Gasteiger partial charge in [-0.3, -0.25) is 4.79 Å². The van der Waals surface area contributed by atoms with Crippen LogP contribution < -0.4 is 10.1 Å². The number of piperidine rings is 1. The quantitative estimate of drug-likeness (QED) is 0.383. The summed E-state index contributed by atoms with van der Waals surface area (Å²) in [6, 6.07) is 12.6. The maximum atomic E-state index is 13.8. The van der Waals surface area contributed by atoms with Crippen molar-refractivity contribution in [1.29, 1.82) is 0 Å². The summed E-state index contributed by atoms with van der Waals surface area (Å²) in [5, 5.41) is 4.05. The van der Waals surface area contributed by atoms with Crippen LogP contribution in [0.1, 0.15) is 49.1 Å². The number of benzene rings is 2. The monoisotopic (exact) mass is 574 g/mol. The lowest BCUT2D eigenvalue weighted by molar-refractivity contribution is -0.134. The lowest BCUT2D eigenvalue weighted by Crippen LogP contribution is -2.54. The van der Waals surface area contributed by atoms with E-state index in [-0.39, 0.29) is 11.9 Å². The average molecular weight is 576 g/mol. The summed E-state index contributed by atoms with van der Waals surface area (Å²) in [6.07, 6.45) is 4.96. The summed E-state index contributed by atoms with van der Waals surface area (Å²) in [5.74, 6) is 1.19. The molecule has 1 atom stereocenters. The van der Waals surface area contributed by atoms with Gasteiger partial charge in [0.05, 0.1) is 6.61 Å². The smallest absolute Gasteiger partial charge is 0.318 e. The Bertz CT molecular complexity index is 1120. The van der Waals surface area contributed by atoms with E-state index in [4.69, 9.17) is 27.9 Å². The molecule has 0 spiro atoms. The standard InChI is InChI=1S/C30H40Cl2N4O3/c1-34(2)14-7-19-39-28-9-4-3-8-25(28)22-12-17-35(18-13-22)29(37)27(33-30(38)36-15-5-6-16-36)20-23-10-11-24(31)21-26(23)32/h3-4,8-11,21-22,27H,5-7,12-20H2,1-2H3,(H,33,38)/t27-/m1/s1. The Morgan fingerprint density at radius 1 is 1.03 bits per heavy atom. The number of para-hydroxylation sites is 1. The molecule has 2 aliphatic heterocycles. The number of likely N-dealkylation sites (tertiary alicyclic amines) is 2. The van der Waals surface area contributed by atoms with Crippen LogP contribution in [0.3, 0.4) is 0 Å². The number of nitrogens with one attached hydrogen (secondary N) is 1. The van der Waals surface area contributed by atoms with Crippen molar-refractivity contribution in [2.75, 3.05) is 53.4 Å². The number of amides is 3. The molecule has 0 saturated carbocycles. The Balaban J connectivity index is 1.40. The third-order valence-electron chi connectivity index (χ3n) is 7.60. The molecule has 4 rings (SSSR count). The number of carbonyl (C=O) groups excluding carboxylic acids is 2. The van der Waals surface area contributed by atoms with Gasteiger partial charge in [0.2, 0.25) is 5.91 Å². The largest absolute Gasteiger partial charge is 0.493 e. The van der Waals surface area contributed by atoms with Crippen LogP contribution in [0.15, 0.2) is 42.5 Å². The Hall–Kier alpha value is -2.48. The van der Waals surface area contributed by atoms with E-state index >= 15 is 0 Å². The summed E-state index contributed by atoms with van der Waals surface area (Å²) in [5.41, 5.74) is 2.00. The first kappa shape index (κ1) is 29.5. The minimum Gasteiger partial charge on any atom is -0.493 e. The number of hydrogen-bond donors (Lipinski definition) is 1. The third kappa shape index (κ3) is 8.26. The van der Waals surface area contributed by atoms with E-state index in [9.17, 15) is 9.59 Å². The SMILES string of the molecule is CN(C)CCCOc1ccccc1C1CCN(C(=O)[C@@H](Cc2ccc(Cl)cc2Cl)NC(=O)N2CCCC2)CC1. The molecule has 39 heavy (non-hydrogen) atoms. The van der Waals surface area contributed by atoms with Gasteiger partial charge in [0.25, 0.3) is 0 Å². The number of rotatable bonds is 10. The van der Waals surface area contributed by atoms with Crippen molar-refractivity contribution in [3.8, 4) is 5.75 Å². The van der Waals surface area contributed by atoms with Crippen molar-refractivity contribution >= 4 is 35.1 Å². The highest BCUT2D eigenvalue weighted by molar-refractivity contribution is 6.35. The van der Waals surface area contributed by atoms with Crippen molar-refractivity contribution < 1.29 is 14.3 Å². The van der Waals surface area contributed by atoms with Crippen LogP contribution in [-0.4, -0.2) is 86.1 Å². The highest BCUT2D eigenvalue weighted by Crippen LogP contribution is 2.34. The summed E-state index contributed by atoms with van der Waals surface area (Å²) in [6.45, 7) is 4.36. The molecule has 1 N–H and O–H groups in total. The van der Waals surface area contributed by atoms with E-state index in [1.165, 1.54) is 5.56 Å². The van der Waals surface area contributed by atoms with Gasteiger partial charge in [-0.25, -0.2) is 4.79 Å². The van der Waals surface area contributed by atoms with Crippen molar-refractivity contribution in [3.63, 3.8) is 0 Å². The molecular weight excluding hydrogens is 535 g/mol. The molecule has 0 unspecified atom stereocenters. The zero-order valence-electron chi connectivity index (χ0n) is 23.0. The first-order chi connectivity index (χ1) is 18.8. The van der Waals surface area contributed by atoms with Crippen LogP contribution >= 0.6 is 23.2 Å². The molecule has 2 aromatic carbocycles. The average Bonchev–Trinajstić information content (AvgIpc) is 3.47. The summed E-state index contributed by atoms with van der Waals surface area (Å²) in [7, 11) is 4.13. The van der Waals surface area contributed by atoms with E-state index in [0.717, 1.165) is 63.1 Å². The number of nitrogens with zero attached hydrogens (tertiary/aromatic N) is 3. The highest BCUT2D eigenvalue weighted by atomic mass is 35.5. The second-order valence-corrected chi connectivity index (χ2v) is 11.6. The molecule has 0 bridgehead atoms. The fourth-order valence-electron chi connectivity index (χ4n) is 5.41. The fraction of sp³-hybridized carbons (Fsp3) is 0.533. The van der Waals surface area contributed by atoms with Crippen LogP contribution in [0.2, 0.25) is 10.0 Å². The first-order valence-corrected chi connectivity index (χ1v) is 14.7. The minimum absolute atomic E-state index is 0.0692. The van der Waals surface area contributed by atoms with Crippen LogP contribution in [0, 0.1) is 0 Å². The van der Waals surface area contributed by atoms with E-state index < -0.39 is 6.04 Å². The number of ether oxygens (including phenoxy) is 1. The van der Waals surface area contributed by atoms with Crippen LogP contribution in [-0.2, 0) is 11.2 Å². The van der Waals surface area contributed by atoms with Gasteiger partial charge < -0.3 is 24.8 Å². The molecule has 3 amide bonds. The molecule has 0 radical (unpaired) electrons. The molecule has 9 heteroatoms. The fourth-order valence-corrected chi connectivity index (χ4v) is 5.90. The Morgan fingerprint density at radius 2 is 1.74 bits per heavy atom. The number of halogens is 2. The van der Waals surface area contributed by atoms with Gasteiger partial charge >= 0.3 is 6.03 Å². The second-order valence-electron chi connectivity index (χ2n) is 10.8. The van der Waals surface area contributed by atoms with Gasteiger partial charge in [-0.1, -0.05) is 47.5 Å². The molecule has 212 valence electrons. The van der Waals surface area contributed by atoms with E-state index in [0.29, 0.717) is 42.1 Å². The van der Waals surface area contributed by atoms with Gasteiger partial charge in [0, 0.05) is 49.2 Å². The predicted molar refractivity (Wildman–Crippen MR) is 157 cm³/mol. The van der Waals surface area contributed by atoms with Crippen LogP contribution in [0.4, 0.5) is 4.79 Å². The summed E-state index contributed by atoms with van der Waals surface area (Å²) >= 11 is 12.5. The Morgan fingerprint density at radius 3 is 2.44 bits per heavy atom. The molecule has 2 saturated heterocycles. The first-order valence-electron chi connectivity index (χ1n) is 14.0. The third-order valence-corrected chi connectivity index (χ3v) is 8.19. The van der Waals surface area contributed by atoms with Gasteiger partial charge in [-0.2, -0.15) is 0 Å². The molecular formula is C30H40Cl2N4O3. The van der Waals surface area contributed by atoms with Crippen molar-refractivity contribution in [3.05, 3.63) is 63.6 Å². The van der Waals surface area contributed by atoms with Gasteiger partial charge in [0.15, 0.2) is 0 Å². The Labute approximate surface area is 242 Å². The van der Waals surface area contributed by atoms with Crippen molar-refractivity contribution in [1.82, 2.24) is 20.0 Å². The lowest BCUT2D eigenvalue weighted by Gasteiger charge is -2.35. The topological polar surface area (TPSA) is 65.1 Å².